The van der Waals surface area contributed by atoms with Crippen molar-refractivity contribution < 1.29 is 4.74 Å². The zero-order valence-corrected chi connectivity index (χ0v) is 8.30. The summed E-state index contributed by atoms with van der Waals surface area (Å²) in [6.07, 6.45) is 0. The Morgan fingerprint density at radius 1 is 1.36 bits per heavy atom. The van der Waals surface area contributed by atoms with Gasteiger partial charge in [0.2, 0.25) is 0 Å². The van der Waals surface area contributed by atoms with Crippen LogP contribution in [0.15, 0.2) is 0 Å². The van der Waals surface area contributed by atoms with E-state index in [9.17, 15) is 0 Å². The SMILES string of the molecule is CCN(CC)C(=S)OC(N)=S. The van der Waals surface area contributed by atoms with Crippen LogP contribution in [0.3, 0.4) is 0 Å². The number of hydrogen-bond donors (Lipinski definition) is 1. The summed E-state index contributed by atoms with van der Waals surface area (Å²) in [5.74, 6) is 0. The molecule has 0 spiro atoms. The highest BCUT2D eigenvalue weighted by atomic mass is 32.1. The number of ether oxygens (including phenoxy) is 1. The van der Waals surface area contributed by atoms with Crippen LogP contribution in [0.2, 0.25) is 0 Å². The number of hydrogen-bond acceptors (Lipinski definition) is 3. The van der Waals surface area contributed by atoms with Gasteiger partial charge in [0.05, 0.1) is 0 Å². The van der Waals surface area contributed by atoms with E-state index in [-0.39, 0.29) is 5.17 Å². The molecule has 2 N–H and O–H groups in total. The minimum absolute atomic E-state index is 0.0260. The van der Waals surface area contributed by atoms with Gasteiger partial charge in [0.25, 0.3) is 10.3 Å². The summed E-state index contributed by atoms with van der Waals surface area (Å²) >= 11 is 9.41. The van der Waals surface area contributed by atoms with E-state index in [4.69, 9.17) is 22.7 Å². The van der Waals surface area contributed by atoms with Crippen molar-refractivity contribution in [1.82, 2.24) is 4.90 Å². The molecule has 64 valence electrons. The summed E-state index contributed by atoms with van der Waals surface area (Å²) in [6, 6.07) is 0. The van der Waals surface area contributed by atoms with Crippen molar-refractivity contribution in [2.75, 3.05) is 13.1 Å². The number of nitrogens with two attached hydrogens (primary N) is 1. The summed E-state index contributed by atoms with van der Waals surface area (Å²) in [4.78, 5) is 1.86. The quantitative estimate of drug-likeness (QED) is 0.657. The highest BCUT2D eigenvalue weighted by Crippen LogP contribution is 1.93. The van der Waals surface area contributed by atoms with Gasteiger partial charge in [-0.2, -0.15) is 0 Å². The second kappa shape index (κ2) is 5.26. The minimum Gasteiger partial charge on any atom is -0.405 e. The Bertz CT molecular complexity index is 157. The Morgan fingerprint density at radius 2 is 1.82 bits per heavy atom. The van der Waals surface area contributed by atoms with Crippen LogP contribution in [0, 0.1) is 0 Å². The first kappa shape index (κ1) is 10.6. The summed E-state index contributed by atoms with van der Waals surface area (Å²) < 4.78 is 4.86. The minimum atomic E-state index is -0.0260. The standard InChI is InChI=1S/C6H12N2OS2/c1-3-8(4-2)6(11)9-5(7)10/h3-4H2,1-2H3,(H2,7,10). The van der Waals surface area contributed by atoms with Gasteiger partial charge in [0.1, 0.15) is 0 Å². The van der Waals surface area contributed by atoms with Crippen molar-refractivity contribution in [3.8, 4) is 0 Å². The fourth-order valence-electron chi connectivity index (χ4n) is 0.632. The third-order valence-corrected chi connectivity index (χ3v) is 1.63. The molecule has 0 bridgehead atoms. The Labute approximate surface area is 77.5 Å². The van der Waals surface area contributed by atoms with Gasteiger partial charge in [0.15, 0.2) is 0 Å². The molecule has 0 atom stereocenters. The second-order valence-corrected chi connectivity index (χ2v) is 2.61. The molecule has 0 rings (SSSR count). The maximum absolute atomic E-state index is 5.14. The average molecular weight is 192 g/mol. The van der Waals surface area contributed by atoms with Gasteiger partial charge in [-0.05, 0) is 38.3 Å². The highest BCUT2D eigenvalue weighted by molar-refractivity contribution is 7.81. The Hall–Kier alpha value is -0.420. The van der Waals surface area contributed by atoms with E-state index in [1.807, 2.05) is 18.7 Å². The molecule has 0 aromatic rings. The molecule has 11 heavy (non-hydrogen) atoms. The number of thiocarbonyl (C=S) groups is 2. The average Bonchev–Trinajstić information content (AvgIpc) is 1.88. The lowest BCUT2D eigenvalue weighted by Gasteiger charge is -2.19. The van der Waals surface area contributed by atoms with Crippen molar-refractivity contribution in [3.05, 3.63) is 0 Å². The molecule has 5 heteroatoms. The number of rotatable bonds is 2. The summed E-state index contributed by atoms with van der Waals surface area (Å²) in [5.41, 5.74) is 5.14. The first-order valence-electron chi connectivity index (χ1n) is 3.38. The Kier molecular flexibility index (Phi) is 5.06. The molecule has 0 aromatic heterocycles. The molecule has 0 saturated heterocycles. The Balaban J connectivity index is 3.89. The van der Waals surface area contributed by atoms with Crippen LogP contribution < -0.4 is 5.73 Å². The summed E-state index contributed by atoms with van der Waals surface area (Å²) in [6.45, 7) is 5.58. The lowest BCUT2D eigenvalue weighted by Crippen LogP contribution is -2.33. The van der Waals surface area contributed by atoms with E-state index in [0.29, 0.717) is 5.17 Å². The lowest BCUT2D eigenvalue weighted by atomic mass is 10.6. The topological polar surface area (TPSA) is 38.5 Å². The van der Waals surface area contributed by atoms with Crippen LogP contribution in [0.1, 0.15) is 13.8 Å². The van der Waals surface area contributed by atoms with E-state index < -0.39 is 0 Å². The van der Waals surface area contributed by atoms with E-state index >= 15 is 0 Å². The maximum Gasteiger partial charge on any atom is 0.266 e. The molecule has 3 nitrogen and oxygen atoms in total. The molecular formula is C6H12N2OS2. The van der Waals surface area contributed by atoms with Crippen LogP contribution in [0.4, 0.5) is 0 Å². The van der Waals surface area contributed by atoms with Crippen molar-refractivity contribution in [2.45, 2.75) is 13.8 Å². The van der Waals surface area contributed by atoms with Gasteiger partial charge in [-0.3, -0.25) is 0 Å². The molecule has 0 aliphatic heterocycles. The van der Waals surface area contributed by atoms with Gasteiger partial charge in [-0.15, -0.1) is 0 Å². The first-order valence-corrected chi connectivity index (χ1v) is 4.19. The van der Waals surface area contributed by atoms with Crippen molar-refractivity contribution in [1.29, 1.82) is 0 Å². The predicted molar refractivity (Wildman–Crippen MR) is 53.4 cm³/mol. The van der Waals surface area contributed by atoms with Gasteiger partial charge in [0, 0.05) is 13.1 Å². The molecule has 0 unspecified atom stereocenters. The van der Waals surface area contributed by atoms with Gasteiger partial charge in [-0.25, -0.2) is 0 Å². The van der Waals surface area contributed by atoms with E-state index in [2.05, 4.69) is 12.2 Å². The summed E-state index contributed by atoms with van der Waals surface area (Å²) in [5, 5.41) is 0.324. The summed E-state index contributed by atoms with van der Waals surface area (Å²) in [7, 11) is 0. The zero-order valence-electron chi connectivity index (χ0n) is 6.66. The smallest absolute Gasteiger partial charge is 0.266 e. The molecule has 0 amide bonds. The van der Waals surface area contributed by atoms with Gasteiger partial charge < -0.3 is 15.4 Å². The van der Waals surface area contributed by atoms with E-state index in [1.165, 1.54) is 0 Å². The van der Waals surface area contributed by atoms with Crippen molar-refractivity contribution in [2.24, 2.45) is 5.73 Å². The lowest BCUT2D eigenvalue weighted by molar-refractivity contribution is 0.376. The third kappa shape index (κ3) is 4.10. The van der Waals surface area contributed by atoms with E-state index in [1.54, 1.807) is 0 Å². The monoisotopic (exact) mass is 192 g/mol. The molecular weight excluding hydrogens is 180 g/mol. The van der Waals surface area contributed by atoms with Crippen LogP contribution in [0.5, 0.6) is 0 Å². The third-order valence-electron chi connectivity index (χ3n) is 1.21. The second-order valence-electron chi connectivity index (χ2n) is 1.86. The first-order chi connectivity index (χ1) is 5.11. The Morgan fingerprint density at radius 3 is 2.09 bits per heavy atom. The number of nitrogens with zero attached hydrogens (tertiary/aromatic N) is 1. The molecule has 0 aliphatic carbocycles. The van der Waals surface area contributed by atoms with Crippen molar-refractivity contribution in [3.63, 3.8) is 0 Å². The van der Waals surface area contributed by atoms with Crippen LogP contribution in [0.25, 0.3) is 0 Å². The van der Waals surface area contributed by atoms with Crippen LogP contribution >= 0.6 is 24.4 Å². The molecule has 0 heterocycles. The largest absolute Gasteiger partial charge is 0.405 e. The molecule has 0 aliphatic rings. The molecule has 0 radical (unpaired) electrons. The van der Waals surface area contributed by atoms with Gasteiger partial charge >= 0.3 is 0 Å². The van der Waals surface area contributed by atoms with E-state index in [0.717, 1.165) is 13.1 Å². The maximum atomic E-state index is 5.14. The van der Waals surface area contributed by atoms with Crippen molar-refractivity contribution >= 4 is 34.8 Å². The van der Waals surface area contributed by atoms with Crippen LogP contribution in [-0.2, 0) is 4.74 Å². The molecule has 0 fully saturated rings. The molecule has 0 aromatic carbocycles. The van der Waals surface area contributed by atoms with Crippen LogP contribution in [-0.4, -0.2) is 28.3 Å². The fourth-order valence-corrected chi connectivity index (χ4v) is 1.11. The molecule has 0 saturated carbocycles. The highest BCUT2D eigenvalue weighted by Gasteiger charge is 2.06. The zero-order chi connectivity index (χ0) is 8.85. The fraction of sp³-hybridized carbons (Fsp3) is 0.667. The predicted octanol–water partition coefficient (Wildman–Crippen LogP) is 0.873. The normalized spacial score (nSPS) is 8.91. The van der Waals surface area contributed by atoms with Gasteiger partial charge in [-0.1, -0.05) is 0 Å².